The number of fused-ring (bicyclic) bond motifs is 1. The van der Waals surface area contributed by atoms with Gasteiger partial charge in [-0.2, -0.15) is 0 Å². The monoisotopic (exact) mass is 375 g/mol. The summed E-state index contributed by atoms with van der Waals surface area (Å²) in [4.78, 5) is 12.7. The second-order valence-corrected chi connectivity index (χ2v) is 6.87. The zero-order valence-electron chi connectivity index (χ0n) is 14.7. The summed E-state index contributed by atoms with van der Waals surface area (Å²) in [5.74, 6) is 1.06. The number of carbonyl (C=O) groups excluding carboxylic acids is 1. The molecule has 0 atom stereocenters. The number of rotatable bonds is 6. The molecule has 0 aliphatic heterocycles. The minimum absolute atomic E-state index is 0.0559. The standard InChI is InChI=1S/C21H17N3O2S/c1-26-20-9-5-4-8-18(20)24-14-22-23-21(24)27-13-19(25)17-11-10-15-6-2-3-7-16(15)12-17/h2-12,14H,13H2,1H3. The first-order valence-corrected chi connectivity index (χ1v) is 9.43. The minimum atomic E-state index is 0.0559. The van der Waals surface area contributed by atoms with Gasteiger partial charge in [0, 0.05) is 5.56 Å². The largest absolute Gasteiger partial charge is 0.495 e. The second kappa shape index (κ2) is 7.63. The number of benzene rings is 3. The number of para-hydroxylation sites is 2. The molecular weight excluding hydrogens is 358 g/mol. The third-order valence-corrected chi connectivity index (χ3v) is 5.21. The van der Waals surface area contributed by atoms with Crippen LogP contribution in [0.2, 0.25) is 0 Å². The van der Waals surface area contributed by atoms with E-state index < -0.39 is 0 Å². The van der Waals surface area contributed by atoms with Crippen LogP contribution < -0.4 is 4.74 Å². The zero-order valence-corrected chi connectivity index (χ0v) is 15.5. The van der Waals surface area contributed by atoms with Gasteiger partial charge < -0.3 is 4.74 Å². The molecule has 6 heteroatoms. The molecule has 0 saturated heterocycles. The Hall–Kier alpha value is -3.12. The van der Waals surface area contributed by atoms with Crippen LogP contribution in [-0.4, -0.2) is 33.4 Å². The van der Waals surface area contributed by atoms with Crippen molar-refractivity contribution in [1.29, 1.82) is 0 Å². The molecular formula is C21H17N3O2S. The summed E-state index contributed by atoms with van der Waals surface area (Å²) in [5, 5.41) is 11.0. The van der Waals surface area contributed by atoms with E-state index in [1.165, 1.54) is 11.8 Å². The first-order chi connectivity index (χ1) is 13.3. The number of Topliss-reactive ketones (excluding diaryl/α,β-unsaturated/α-hetero) is 1. The number of nitrogens with zero attached hydrogens (tertiary/aromatic N) is 3. The molecule has 1 aromatic heterocycles. The highest BCUT2D eigenvalue weighted by molar-refractivity contribution is 7.99. The fourth-order valence-corrected chi connectivity index (χ4v) is 3.71. The quantitative estimate of drug-likeness (QED) is 0.369. The maximum atomic E-state index is 12.7. The number of hydrogen-bond acceptors (Lipinski definition) is 5. The number of hydrogen-bond donors (Lipinski definition) is 0. The van der Waals surface area contributed by atoms with Crippen LogP contribution in [0.4, 0.5) is 0 Å². The van der Waals surface area contributed by atoms with Gasteiger partial charge in [-0.1, -0.05) is 60.3 Å². The lowest BCUT2D eigenvalue weighted by atomic mass is 10.1. The Morgan fingerprint density at radius 3 is 2.67 bits per heavy atom. The number of methoxy groups -OCH3 is 1. The Kier molecular flexibility index (Phi) is 4.89. The first-order valence-electron chi connectivity index (χ1n) is 8.44. The number of thioether (sulfide) groups is 1. The van der Waals surface area contributed by atoms with Crippen molar-refractivity contribution in [1.82, 2.24) is 14.8 Å². The average molecular weight is 375 g/mol. The van der Waals surface area contributed by atoms with Gasteiger partial charge in [0.1, 0.15) is 12.1 Å². The third kappa shape index (κ3) is 3.57. The molecule has 4 aromatic rings. The van der Waals surface area contributed by atoms with Crippen molar-refractivity contribution in [2.45, 2.75) is 5.16 Å². The SMILES string of the molecule is COc1ccccc1-n1cnnc1SCC(=O)c1ccc2ccccc2c1. The topological polar surface area (TPSA) is 57.0 Å². The van der Waals surface area contributed by atoms with Crippen LogP contribution >= 0.6 is 11.8 Å². The number of aromatic nitrogens is 3. The Morgan fingerprint density at radius 2 is 1.81 bits per heavy atom. The maximum absolute atomic E-state index is 12.7. The van der Waals surface area contributed by atoms with E-state index in [0.717, 1.165) is 22.2 Å². The first kappa shape index (κ1) is 17.3. The molecule has 3 aromatic carbocycles. The highest BCUT2D eigenvalue weighted by atomic mass is 32.2. The molecule has 0 N–H and O–H groups in total. The van der Waals surface area contributed by atoms with Gasteiger partial charge in [-0.3, -0.25) is 9.36 Å². The van der Waals surface area contributed by atoms with E-state index in [-0.39, 0.29) is 11.5 Å². The maximum Gasteiger partial charge on any atom is 0.196 e. The van der Waals surface area contributed by atoms with Crippen LogP contribution in [-0.2, 0) is 0 Å². The Morgan fingerprint density at radius 1 is 1.04 bits per heavy atom. The van der Waals surface area contributed by atoms with E-state index in [1.807, 2.05) is 71.3 Å². The molecule has 0 unspecified atom stereocenters. The molecule has 27 heavy (non-hydrogen) atoms. The highest BCUT2D eigenvalue weighted by Crippen LogP contribution is 2.27. The van der Waals surface area contributed by atoms with Gasteiger partial charge in [0.05, 0.1) is 18.6 Å². The van der Waals surface area contributed by atoms with Crippen LogP contribution in [0.3, 0.4) is 0 Å². The zero-order chi connectivity index (χ0) is 18.6. The fraction of sp³-hybridized carbons (Fsp3) is 0.0952. The lowest BCUT2D eigenvalue weighted by molar-refractivity contribution is 0.102. The van der Waals surface area contributed by atoms with E-state index in [4.69, 9.17) is 4.74 Å². The minimum Gasteiger partial charge on any atom is -0.495 e. The van der Waals surface area contributed by atoms with E-state index in [0.29, 0.717) is 10.7 Å². The smallest absolute Gasteiger partial charge is 0.196 e. The van der Waals surface area contributed by atoms with E-state index in [2.05, 4.69) is 10.2 Å². The predicted molar refractivity (Wildman–Crippen MR) is 107 cm³/mol. The van der Waals surface area contributed by atoms with Crippen molar-refractivity contribution in [2.75, 3.05) is 12.9 Å². The van der Waals surface area contributed by atoms with Gasteiger partial charge in [0.2, 0.25) is 0 Å². The third-order valence-electron chi connectivity index (χ3n) is 4.26. The van der Waals surface area contributed by atoms with Crippen molar-refractivity contribution in [3.63, 3.8) is 0 Å². The molecule has 0 aliphatic rings. The Bertz CT molecular complexity index is 1110. The van der Waals surface area contributed by atoms with Gasteiger partial charge in [-0.15, -0.1) is 10.2 Å². The predicted octanol–water partition coefficient (Wildman–Crippen LogP) is 4.40. The molecule has 0 spiro atoms. The summed E-state index contributed by atoms with van der Waals surface area (Å²) in [6.07, 6.45) is 1.63. The Balaban J connectivity index is 1.54. The normalized spacial score (nSPS) is 10.9. The molecule has 0 amide bonds. The summed E-state index contributed by atoms with van der Waals surface area (Å²) in [5.41, 5.74) is 1.54. The van der Waals surface area contributed by atoms with Crippen LogP contribution in [0, 0.1) is 0 Å². The van der Waals surface area contributed by atoms with E-state index in [1.54, 1.807) is 13.4 Å². The van der Waals surface area contributed by atoms with Gasteiger partial charge in [0.25, 0.3) is 0 Å². The molecule has 4 rings (SSSR count). The second-order valence-electron chi connectivity index (χ2n) is 5.93. The highest BCUT2D eigenvalue weighted by Gasteiger charge is 2.14. The summed E-state index contributed by atoms with van der Waals surface area (Å²) >= 11 is 1.36. The van der Waals surface area contributed by atoms with Crippen LogP contribution in [0.15, 0.2) is 78.2 Å². The Labute approximate surface area is 161 Å². The molecule has 0 radical (unpaired) electrons. The lowest BCUT2D eigenvalue weighted by Crippen LogP contribution is -2.04. The van der Waals surface area contributed by atoms with Gasteiger partial charge in [-0.05, 0) is 29.0 Å². The fourth-order valence-electron chi connectivity index (χ4n) is 2.89. The molecule has 0 fully saturated rings. The van der Waals surface area contributed by atoms with Crippen molar-refractivity contribution >= 4 is 28.3 Å². The molecule has 0 aliphatic carbocycles. The summed E-state index contributed by atoms with van der Waals surface area (Å²) in [6.45, 7) is 0. The van der Waals surface area contributed by atoms with Crippen LogP contribution in [0.5, 0.6) is 5.75 Å². The van der Waals surface area contributed by atoms with Crippen molar-refractivity contribution < 1.29 is 9.53 Å². The van der Waals surface area contributed by atoms with Gasteiger partial charge in [0.15, 0.2) is 10.9 Å². The number of carbonyl (C=O) groups is 1. The molecule has 0 saturated carbocycles. The van der Waals surface area contributed by atoms with Crippen LogP contribution in [0.25, 0.3) is 16.5 Å². The summed E-state index contributed by atoms with van der Waals surface area (Å²) < 4.78 is 7.24. The van der Waals surface area contributed by atoms with Crippen LogP contribution in [0.1, 0.15) is 10.4 Å². The lowest BCUT2D eigenvalue weighted by Gasteiger charge is -2.10. The average Bonchev–Trinajstić information content (AvgIpc) is 3.20. The molecule has 0 bridgehead atoms. The molecule has 134 valence electrons. The number of ether oxygens (including phenoxy) is 1. The number of ketones is 1. The van der Waals surface area contributed by atoms with Crippen molar-refractivity contribution in [3.8, 4) is 11.4 Å². The van der Waals surface area contributed by atoms with Crippen molar-refractivity contribution in [2.24, 2.45) is 0 Å². The summed E-state index contributed by atoms with van der Waals surface area (Å²) in [7, 11) is 1.62. The van der Waals surface area contributed by atoms with E-state index in [9.17, 15) is 4.79 Å². The van der Waals surface area contributed by atoms with Crippen molar-refractivity contribution in [3.05, 3.63) is 78.6 Å². The van der Waals surface area contributed by atoms with Gasteiger partial charge >= 0.3 is 0 Å². The van der Waals surface area contributed by atoms with Gasteiger partial charge in [-0.25, -0.2) is 0 Å². The molecule has 1 heterocycles. The summed E-state index contributed by atoms with van der Waals surface area (Å²) in [6, 6.07) is 21.4. The molecule has 5 nitrogen and oxygen atoms in total. The van der Waals surface area contributed by atoms with E-state index >= 15 is 0 Å².